The third-order valence-corrected chi connectivity index (χ3v) is 5.67. The van der Waals surface area contributed by atoms with E-state index in [0.29, 0.717) is 30.3 Å². The molecular weight excluding hydrogens is 422 g/mol. The maximum atomic E-state index is 13.5. The van der Waals surface area contributed by atoms with E-state index < -0.39 is 5.92 Å². The molecule has 0 unspecified atom stereocenters. The molecule has 3 aromatic rings. The van der Waals surface area contributed by atoms with E-state index in [1.165, 1.54) is 0 Å². The molecule has 4 rings (SSSR count). The van der Waals surface area contributed by atoms with Crippen molar-refractivity contribution in [2.75, 3.05) is 18.4 Å². The number of hydrogen-bond acceptors (Lipinski definition) is 6. The molecule has 1 aliphatic heterocycles. The van der Waals surface area contributed by atoms with Crippen molar-refractivity contribution in [2.45, 2.75) is 32.7 Å². The van der Waals surface area contributed by atoms with Crippen molar-refractivity contribution < 1.29 is 8.78 Å². The second kappa shape index (κ2) is 9.15. The standard InChI is InChI=1S/C25H26F2N6/c1-16-4-5-20(9-23(16)24(28)17(2)32-22-12-30-18(3)31-13-22)21-8-19(10-29-11-21)14-33-7-6-25(26,27)15-33/h4-5,8-13,28,32H,2,6-7,14-15H2,1,3H3. The Kier molecular flexibility index (Phi) is 6.29. The highest BCUT2D eigenvalue weighted by atomic mass is 19.3. The molecule has 1 aromatic carbocycles. The zero-order valence-corrected chi connectivity index (χ0v) is 18.7. The van der Waals surface area contributed by atoms with Gasteiger partial charge in [0.25, 0.3) is 5.92 Å². The van der Waals surface area contributed by atoms with Crippen LogP contribution in [0.1, 0.15) is 28.9 Å². The summed E-state index contributed by atoms with van der Waals surface area (Å²) in [5, 5.41) is 11.7. The number of aryl methyl sites for hydroxylation is 2. The molecule has 3 heterocycles. The first-order valence-electron chi connectivity index (χ1n) is 10.7. The predicted molar refractivity (Wildman–Crippen MR) is 126 cm³/mol. The van der Waals surface area contributed by atoms with Gasteiger partial charge >= 0.3 is 0 Å². The van der Waals surface area contributed by atoms with Crippen molar-refractivity contribution >= 4 is 11.4 Å². The molecule has 0 bridgehead atoms. The van der Waals surface area contributed by atoms with Gasteiger partial charge in [0.15, 0.2) is 0 Å². The Balaban J connectivity index is 1.52. The van der Waals surface area contributed by atoms with Crippen LogP contribution in [0.2, 0.25) is 0 Å². The number of nitrogens with one attached hydrogen (secondary N) is 2. The number of benzene rings is 1. The average molecular weight is 449 g/mol. The lowest BCUT2D eigenvalue weighted by atomic mass is 9.96. The van der Waals surface area contributed by atoms with Gasteiger partial charge in [-0.2, -0.15) is 0 Å². The van der Waals surface area contributed by atoms with Crippen molar-refractivity contribution in [1.82, 2.24) is 19.9 Å². The zero-order valence-electron chi connectivity index (χ0n) is 18.7. The highest BCUT2D eigenvalue weighted by molar-refractivity contribution is 6.13. The van der Waals surface area contributed by atoms with Crippen LogP contribution < -0.4 is 5.32 Å². The first-order valence-corrected chi connectivity index (χ1v) is 10.7. The van der Waals surface area contributed by atoms with Crippen molar-refractivity contribution in [2.24, 2.45) is 0 Å². The van der Waals surface area contributed by atoms with Gasteiger partial charge in [0.1, 0.15) is 5.82 Å². The molecule has 0 aliphatic carbocycles. The molecular formula is C25H26F2N6. The molecule has 1 aliphatic rings. The number of anilines is 1. The van der Waals surface area contributed by atoms with Crippen molar-refractivity contribution in [3.63, 3.8) is 0 Å². The average Bonchev–Trinajstić information content (AvgIpc) is 3.13. The zero-order chi connectivity index (χ0) is 23.6. The summed E-state index contributed by atoms with van der Waals surface area (Å²) in [5.74, 6) is -1.95. The SMILES string of the molecule is C=C(Nc1cnc(C)nc1)C(=N)c1cc(-c2cncc(CN3CCC(F)(F)C3)c2)ccc1C. The first kappa shape index (κ1) is 22.7. The van der Waals surface area contributed by atoms with E-state index in [0.717, 1.165) is 27.8 Å². The summed E-state index contributed by atoms with van der Waals surface area (Å²) in [5.41, 5.74) is 5.69. The maximum absolute atomic E-state index is 13.5. The summed E-state index contributed by atoms with van der Waals surface area (Å²) < 4.78 is 27.0. The number of likely N-dealkylation sites (tertiary alicyclic amines) is 1. The monoisotopic (exact) mass is 448 g/mol. The summed E-state index contributed by atoms with van der Waals surface area (Å²) in [6.45, 7) is 8.35. The highest BCUT2D eigenvalue weighted by Crippen LogP contribution is 2.29. The lowest BCUT2D eigenvalue weighted by molar-refractivity contribution is 0.0115. The minimum atomic E-state index is -2.61. The molecule has 0 saturated carbocycles. The van der Waals surface area contributed by atoms with E-state index in [-0.39, 0.29) is 18.7 Å². The molecule has 1 saturated heterocycles. The predicted octanol–water partition coefficient (Wildman–Crippen LogP) is 4.99. The number of aromatic nitrogens is 3. The number of rotatable bonds is 7. The van der Waals surface area contributed by atoms with Gasteiger partial charge in [-0.1, -0.05) is 18.7 Å². The molecule has 2 N–H and O–H groups in total. The van der Waals surface area contributed by atoms with E-state index >= 15 is 0 Å². The van der Waals surface area contributed by atoms with Crippen molar-refractivity contribution in [3.05, 3.63) is 83.8 Å². The second-order valence-electron chi connectivity index (χ2n) is 8.43. The Morgan fingerprint density at radius 3 is 2.58 bits per heavy atom. The lowest BCUT2D eigenvalue weighted by Crippen LogP contribution is -2.24. The number of allylic oxidation sites excluding steroid dienone is 1. The van der Waals surface area contributed by atoms with Crippen LogP contribution in [0.25, 0.3) is 11.1 Å². The smallest absolute Gasteiger partial charge is 0.261 e. The lowest BCUT2D eigenvalue weighted by Gasteiger charge is -2.16. The molecule has 33 heavy (non-hydrogen) atoms. The Hall–Kier alpha value is -3.52. The van der Waals surface area contributed by atoms with Gasteiger partial charge in [-0.15, -0.1) is 0 Å². The Morgan fingerprint density at radius 1 is 1.12 bits per heavy atom. The molecule has 0 spiro atoms. The maximum Gasteiger partial charge on any atom is 0.261 e. The van der Waals surface area contributed by atoms with Gasteiger partial charge in [0.2, 0.25) is 0 Å². The fraction of sp³-hybridized carbons (Fsp3) is 0.280. The Morgan fingerprint density at radius 2 is 1.88 bits per heavy atom. The summed E-state index contributed by atoms with van der Waals surface area (Å²) in [6, 6.07) is 7.83. The van der Waals surface area contributed by atoms with E-state index in [1.807, 2.05) is 31.2 Å². The molecule has 0 amide bonds. The molecule has 0 atom stereocenters. The minimum absolute atomic E-state index is 0.101. The molecule has 0 radical (unpaired) electrons. The van der Waals surface area contributed by atoms with Gasteiger partial charge in [-0.3, -0.25) is 15.3 Å². The molecule has 8 heteroatoms. The van der Waals surface area contributed by atoms with E-state index in [2.05, 4.69) is 26.8 Å². The van der Waals surface area contributed by atoms with Crippen LogP contribution in [0.15, 0.2) is 61.3 Å². The van der Waals surface area contributed by atoms with E-state index in [9.17, 15) is 8.78 Å². The third-order valence-electron chi connectivity index (χ3n) is 5.67. The van der Waals surface area contributed by atoms with Gasteiger partial charge < -0.3 is 5.32 Å². The number of pyridine rings is 1. The summed E-state index contributed by atoms with van der Waals surface area (Å²) in [4.78, 5) is 14.4. The summed E-state index contributed by atoms with van der Waals surface area (Å²) in [6.07, 6.45) is 6.66. The van der Waals surface area contributed by atoms with Gasteiger partial charge in [-0.25, -0.2) is 18.7 Å². The molecule has 170 valence electrons. The van der Waals surface area contributed by atoms with Crippen LogP contribution in [0.4, 0.5) is 14.5 Å². The van der Waals surface area contributed by atoms with Crippen molar-refractivity contribution in [3.8, 4) is 11.1 Å². The number of nitrogens with zero attached hydrogens (tertiary/aromatic N) is 4. The normalized spacial score (nSPS) is 15.4. The van der Waals surface area contributed by atoms with E-state index in [4.69, 9.17) is 5.41 Å². The Bertz CT molecular complexity index is 1190. The second-order valence-corrected chi connectivity index (χ2v) is 8.43. The van der Waals surface area contributed by atoms with Crippen molar-refractivity contribution in [1.29, 1.82) is 5.41 Å². The number of alkyl halides is 2. The molecule has 1 fully saturated rings. The van der Waals surface area contributed by atoms with Crippen LogP contribution in [0, 0.1) is 19.3 Å². The Labute approximate surface area is 191 Å². The highest BCUT2D eigenvalue weighted by Gasteiger charge is 2.37. The minimum Gasteiger partial charge on any atom is -0.352 e. The van der Waals surface area contributed by atoms with Crippen LogP contribution >= 0.6 is 0 Å². The molecule has 6 nitrogen and oxygen atoms in total. The van der Waals surface area contributed by atoms with Gasteiger partial charge in [0.05, 0.1) is 36.0 Å². The fourth-order valence-corrected chi connectivity index (χ4v) is 3.86. The fourth-order valence-electron chi connectivity index (χ4n) is 3.86. The summed E-state index contributed by atoms with van der Waals surface area (Å²) >= 11 is 0. The van der Waals surface area contributed by atoms with Gasteiger partial charge in [0, 0.05) is 43.0 Å². The van der Waals surface area contributed by atoms with Crippen LogP contribution in [-0.4, -0.2) is 44.6 Å². The first-order chi connectivity index (χ1) is 15.7. The molecule has 2 aromatic heterocycles. The number of halogens is 2. The number of hydrogen-bond donors (Lipinski definition) is 2. The third kappa shape index (κ3) is 5.46. The summed E-state index contributed by atoms with van der Waals surface area (Å²) in [7, 11) is 0. The quantitative estimate of drug-likeness (QED) is 0.498. The van der Waals surface area contributed by atoms with Crippen LogP contribution in [-0.2, 0) is 6.54 Å². The largest absolute Gasteiger partial charge is 0.352 e. The van der Waals surface area contributed by atoms with Crippen LogP contribution in [0.3, 0.4) is 0 Å². The van der Waals surface area contributed by atoms with Crippen LogP contribution in [0.5, 0.6) is 0 Å². The van der Waals surface area contributed by atoms with Gasteiger partial charge in [-0.05, 0) is 42.7 Å². The topological polar surface area (TPSA) is 77.8 Å². The van der Waals surface area contributed by atoms with E-state index in [1.54, 1.807) is 36.6 Å².